The van der Waals surface area contributed by atoms with Crippen LogP contribution in [0.1, 0.15) is 0 Å². The van der Waals surface area contributed by atoms with E-state index in [2.05, 4.69) is 10.2 Å². The molecule has 0 bridgehead atoms. The highest BCUT2D eigenvalue weighted by Crippen LogP contribution is 2.37. The molecule has 0 unspecified atom stereocenters. The number of hydrogen-bond donors (Lipinski definition) is 1. The van der Waals surface area contributed by atoms with Crippen LogP contribution in [0.4, 0.5) is 13.2 Å². The number of halogens is 3. The molecular weight excluding hydrogens is 273 g/mol. The first-order valence-corrected chi connectivity index (χ1v) is 5.99. The third-order valence-corrected chi connectivity index (χ3v) is 3.31. The number of aromatic nitrogens is 2. The van der Waals surface area contributed by atoms with Gasteiger partial charge in [-0.15, -0.1) is 0 Å². The van der Waals surface area contributed by atoms with Crippen LogP contribution in [0.15, 0.2) is 34.0 Å². The Balaban J connectivity index is 2.21. The van der Waals surface area contributed by atoms with Gasteiger partial charge in [-0.25, -0.2) is 5.10 Å². The normalized spacial score (nSPS) is 11.7. The van der Waals surface area contributed by atoms with Crippen molar-refractivity contribution in [3.63, 3.8) is 0 Å². The van der Waals surface area contributed by atoms with Gasteiger partial charge in [-0.2, -0.15) is 18.3 Å². The number of alkyl halides is 3. The molecule has 8 heteroatoms. The van der Waals surface area contributed by atoms with E-state index in [1.54, 1.807) is 0 Å². The fourth-order valence-corrected chi connectivity index (χ4v) is 2.30. The predicted octanol–water partition coefficient (Wildman–Crippen LogP) is 3.11. The summed E-state index contributed by atoms with van der Waals surface area (Å²) in [5.74, 6) is 0. The lowest BCUT2D eigenvalue weighted by Crippen LogP contribution is -1.98. The molecule has 0 amide bonds. The molecule has 0 radical (unpaired) electrons. The molecular formula is C9H5F3N2OS2. The van der Waals surface area contributed by atoms with Crippen LogP contribution in [0.25, 0.3) is 10.6 Å². The van der Waals surface area contributed by atoms with Gasteiger partial charge in [0.05, 0.1) is 0 Å². The van der Waals surface area contributed by atoms with Crippen molar-refractivity contribution < 1.29 is 13.2 Å². The van der Waals surface area contributed by atoms with Crippen molar-refractivity contribution in [3.8, 4) is 10.6 Å². The van der Waals surface area contributed by atoms with Crippen molar-refractivity contribution in [3.05, 3.63) is 33.9 Å². The van der Waals surface area contributed by atoms with Crippen molar-refractivity contribution in [1.29, 1.82) is 0 Å². The number of nitrogens with zero attached hydrogens (tertiary/aromatic N) is 1. The Morgan fingerprint density at radius 3 is 2.35 bits per heavy atom. The van der Waals surface area contributed by atoms with Gasteiger partial charge in [-0.3, -0.25) is 4.79 Å². The standard InChI is InChI=1S/C9H5F3N2OS2/c10-9(11,12)17-6-3-1-5(2-4-6)7-13-14-8(15)16-7/h1-4H,(H,14,15). The van der Waals surface area contributed by atoms with E-state index in [-0.39, 0.29) is 21.5 Å². The minimum absolute atomic E-state index is 0.101. The van der Waals surface area contributed by atoms with Crippen LogP contribution in [-0.4, -0.2) is 15.7 Å². The van der Waals surface area contributed by atoms with Gasteiger partial charge in [-0.05, 0) is 23.9 Å². The molecule has 17 heavy (non-hydrogen) atoms. The van der Waals surface area contributed by atoms with Gasteiger partial charge in [0.1, 0.15) is 5.01 Å². The van der Waals surface area contributed by atoms with Crippen molar-refractivity contribution in [1.82, 2.24) is 10.2 Å². The summed E-state index contributed by atoms with van der Waals surface area (Å²) in [6, 6.07) is 5.69. The lowest BCUT2D eigenvalue weighted by molar-refractivity contribution is -0.0328. The molecule has 1 heterocycles. The van der Waals surface area contributed by atoms with Crippen molar-refractivity contribution in [2.45, 2.75) is 10.4 Å². The molecule has 3 nitrogen and oxygen atoms in total. The molecule has 0 fully saturated rings. The highest BCUT2D eigenvalue weighted by molar-refractivity contribution is 8.00. The fourth-order valence-electron chi connectivity index (χ4n) is 1.15. The third-order valence-electron chi connectivity index (χ3n) is 1.77. The van der Waals surface area contributed by atoms with Gasteiger partial charge in [-0.1, -0.05) is 23.5 Å². The topological polar surface area (TPSA) is 45.8 Å². The quantitative estimate of drug-likeness (QED) is 0.858. The fraction of sp³-hybridized carbons (Fsp3) is 0.111. The van der Waals surface area contributed by atoms with E-state index in [0.29, 0.717) is 10.6 Å². The maximum absolute atomic E-state index is 12.1. The maximum Gasteiger partial charge on any atom is 0.446 e. The monoisotopic (exact) mass is 278 g/mol. The maximum atomic E-state index is 12.1. The molecule has 90 valence electrons. The van der Waals surface area contributed by atoms with Crippen molar-refractivity contribution in [2.75, 3.05) is 0 Å². The zero-order valence-corrected chi connectivity index (χ0v) is 9.75. The Morgan fingerprint density at radius 1 is 1.24 bits per heavy atom. The van der Waals surface area contributed by atoms with E-state index in [4.69, 9.17) is 0 Å². The van der Waals surface area contributed by atoms with Crippen LogP contribution >= 0.6 is 23.1 Å². The van der Waals surface area contributed by atoms with Crippen LogP contribution in [-0.2, 0) is 0 Å². The van der Waals surface area contributed by atoms with Crippen molar-refractivity contribution >= 4 is 23.1 Å². The Bertz CT molecular complexity index is 559. The summed E-state index contributed by atoms with van der Waals surface area (Å²) < 4.78 is 36.2. The number of thioether (sulfide) groups is 1. The van der Waals surface area contributed by atoms with Crippen LogP contribution in [0, 0.1) is 0 Å². The molecule has 1 aromatic heterocycles. The molecule has 0 spiro atoms. The summed E-state index contributed by atoms with van der Waals surface area (Å²) in [5, 5.41) is 6.45. The molecule has 1 aromatic carbocycles. The highest BCUT2D eigenvalue weighted by Gasteiger charge is 2.29. The summed E-state index contributed by atoms with van der Waals surface area (Å²) in [4.78, 5) is 10.7. The minimum Gasteiger partial charge on any atom is -0.255 e. The second-order valence-electron chi connectivity index (χ2n) is 2.99. The lowest BCUT2D eigenvalue weighted by Gasteiger charge is -2.05. The van der Waals surface area contributed by atoms with E-state index in [9.17, 15) is 18.0 Å². The number of hydrogen-bond acceptors (Lipinski definition) is 4. The second-order valence-corrected chi connectivity index (χ2v) is 5.09. The number of nitrogens with one attached hydrogen (secondary N) is 1. The Hall–Kier alpha value is -1.28. The Morgan fingerprint density at radius 2 is 1.88 bits per heavy atom. The van der Waals surface area contributed by atoms with E-state index in [1.807, 2.05) is 0 Å². The molecule has 1 N–H and O–H groups in total. The van der Waals surface area contributed by atoms with Gasteiger partial charge in [0.25, 0.3) is 0 Å². The summed E-state index contributed by atoms with van der Waals surface area (Å²) >= 11 is 0.732. The first-order valence-electron chi connectivity index (χ1n) is 4.36. The van der Waals surface area contributed by atoms with E-state index < -0.39 is 5.51 Å². The molecule has 2 rings (SSSR count). The Kier molecular flexibility index (Phi) is 3.25. The smallest absolute Gasteiger partial charge is 0.255 e. The first-order chi connectivity index (χ1) is 7.94. The van der Waals surface area contributed by atoms with Gasteiger partial charge in [0.15, 0.2) is 0 Å². The van der Waals surface area contributed by atoms with Crippen LogP contribution in [0.2, 0.25) is 0 Å². The SMILES string of the molecule is O=c1[nH]nc(-c2ccc(SC(F)(F)F)cc2)s1. The average Bonchev–Trinajstić information content (AvgIpc) is 2.63. The molecule has 0 saturated heterocycles. The van der Waals surface area contributed by atoms with Gasteiger partial charge >= 0.3 is 10.4 Å². The predicted molar refractivity (Wildman–Crippen MR) is 60.1 cm³/mol. The number of H-pyrrole nitrogens is 1. The Labute approximate surface area is 102 Å². The highest BCUT2D eigenvalue weighted by atomic mass is 32.2. The average molecular weight is 278 g/mol. The van der Waals surface area contributed by atoms with Gasteiger partial charge < -0.3 is 0 Å². The van der Waals surface area contributed by atoms with Gasteiger partial charge in [0.2, 0.25) is 0 Å². The molecule has 2 aromatic rings. The molecule has 0 atom stereocenters. The summed E-state index contributed by atoms with van der Waals surface area (Å²) in [7, 11) is 0. The summed E-state index contributed by atoms with van der Waals surface area (Å²) in [6.45, 7) is 0. The third kappa shape index (κ3) is 3.34. The molecule has 0 aliphatic rings. The largest absolute Gasteiger partial charge is 0.446 e. The van der Waals surface area contributed by atoms with Crippen LogP contribution in [0.3, 0.4) is 0 Å². The van der Waals surface area contributed by atoms with Gasteiger partial charge in [0, 0.05) is 10.5 Å². The molecule has 0 aliphatic carbocycles. The first kappa shape index (κ1) is 12.2. The second kappa shape index (κ2) is 4.53. The number of rotatable bonds is 2. The summed E-state index contributed by atoms with van der Waals surface area (Å²) in [6.07, 6.45) is 0. The zero-order chi connectivity index (χ0) is 12.5. The van der Waals surface area contributed by atoms with Crippen LogP contribution in [0.5, 0.6) is 0 Å². The van der Waals surface area contributed by atoms with E-state index in [1.165, 1.54) is 24.3 Å². The van der Waals surface area contributed by atoms with E-state index >= 15 is 0 Å². The zero-order valence-electron chi connectivity index (χ0n) is 8.12. The number of aromatic amines is 1. The van der Waals surface area contributed by atoms with Crippen molar-refractivity contribution in [2.24, 2.45) is 0 Å². The summed E-state index contributed by atoms with van der Waals surface area (Å²) in [5.41, 5.74) is -3.68. The van der Waals surface area contributed by atoms with E-state index in [0.717, 1.165) is 11.3 Å². The molecule has 0 aliphatic heterocycles. The minimum atomic E-state index is -4.29. The lowest BCUT2D eigenvalue weighted by atomic mass is 10.2. The number of benzene rings is 1. The van der Waals surface area contributed by atoms with Crippen LogP contribution < -0.4 is 4.87 Å². The molecule has 0 saturated carbocycles.